The van der Waals surface area contributed by atoms with E-state index in [4.69, 9.17) is 12.2 Å². The Morgan fingerprint density at radius 2 is 1.80 bits per heavy atom. The maximum Gasteiger partial charge on any atom is 0.242 e. The van der Waals surface area contributed by atoms with Crippen LogP contribution in [0.2, 0.25) is 0 Å². The van der Waals surface area contributed by atoms with Crippen LogP contribution in [0.5, 0.6) is 0 Å². The molecule has 0 heterocycles. The molecule has 0 radical (unpaired) electrons. The Hall–Kier alpha value is -1.96. The van der Waals surface area contributed by atoms with E-state index in [0.717, 1.165) is 0 Å². The SMILES string of the molecule is C[C@@H](CNC(=S)Nc1cccc(S(=O)(=O)N(C)C)c1)c1ccccc1. The molecule has 0 bridgehead atoms. The molecular formula is C18H23N3O2S2. The molecule has 7 heteroatoms. The highest BCUT2D eigenvalue weighted by atomic mass is 32.2. The van der Waals surface area contributed by atoms with Crippen LogP contribution in [0.1, 0.15) is 18.4 Å². The van der Waals surface area contributed by atoms with E-state index in [1.807, 2.05) is 18.2 Å². The topological polar surface area (TPSA) is 61.4 Å². The predicted molar refractivity (Wildman–Crippen MR) is 106 cm³/mol. The summed E-state index contributed by atoms with van der Waals surface area (Å²) in [6, 6.07) is 16.8. The summed E-state index contributed by atoms with van der Waals surface area (Å²) >= 11 is 5.31. The van der Waals surface area contributed by atoms with Crippen LogP contribution < -0.4 is 10.6 Å². The fraction of sp³-hybridized carbons (Fsp3) is 0.278. The second-order valence-corrected chi connectivity index (χ2v) is 8.52. The lowest BCUT2D eigenvalue weighted by atomic mass is 10.0. The summed E-state index contributed by atoms with van der Waals surface area (Å²) in [5.74, 6) is 0.307. The highest BCUT2D eigenvalue weighted by molar-refractivity contribution is 7.89. The van der Waals surface area contributed by atoms with Gasteiger partial charge in [0.1, 0.15) is 0 Å². The van der Waals surface area contributed by atoms with E-state index in [0.29, 0.717) is 23.3 Å². The molecule has 0 spiro atoms. The molecule has 2 N–H and O–H groups in total. The van der Waals surface area contributed by atoms with Gasteiger partial charge in [-0.1, -0.05) is 43.3 Å². The summed E-state index contributed by atoms with van der Waals surface area (Å²) in [6.07, 6.45) is 0. The molecule has 0 saturated carbocycles. The van der Waals surface area contributed by atoms with E-state index in [1.165, 1.54) is 24.0 Å². The van der Waals surface area contributed by atoms with Crippen LogP contribution in [0.25, 0.3) is 0 Å². The van der Waals surface area contributed by atoms with Crippen LogP contribution >= 0.6 is 12.2 Å². The lowest BCUT2D eigenvalue weighted by molar-refractivity contribution is 0.521. The van der Waals surface area contributed by atoms with Crippen molar-refractivity contribution in [2.75, 3.05) is 26.0 Å². The second kappa shape index (κ2) is 8.42. The first-order valence-corrected chi connectivity index (χ1v) is 9.78. The first-order chi connectivity index (χ1) is 11.8. The average molecular weight is 378 g/mol. The lowest BCUT2D eigenvalue weighted by Crippen LogP contribution is -2.31. The molecule has 2 rings (SSSR count). The van der Waals surface area contributed by atoms with Gasteiger partial charge in [-0.25, -0.2) is 12.7 Å². The first kappa shape index (κ1) is 19.4. The Kier molecular flexibility index (Phi) is 6.52. The van der Waals surface area contributed by atoms with Crippen LogP contribution in [0.4, 0.5) is 5.69 Å². The number of nitrogens with one attached hydrogen (secondary N) is 2. The van der Waals surface area contributed by atoms with Crippen molar-refractivity contribution in [1.82, 2.24) is 9.62 Å². The Morgan fingerprint density at radius 1 is 1.12 bits per heavy atom. The van der Waals surface area contributed by atoms with Crippen molar-refractivity contribution in [3.05, 3.63) is 60.2 Å². The molecule has 1 atom stereocenters. The van der Waals surface area contributed by atoms with Gasteiger partial charge in [0, 0.05) is 26.3 Å². The Morgan fingerprint density at radius 3 is 2.44 bits per heavy atom. The lowest BCUT2D eigenvalue weighted by Gasteiger charge is -2.16. The van der Waals surface area contributed by atoms with Crippen LogP contribution in [0.3, 0.4) is 0 Å². The van der Waals surface area contributed by atoms with Gasteiger partial charge in [0.2, 0.25) is 10.0 Å². The largest absolute Gasteiger partial charge is 0.362 e. The van der Waals surface area contributed by atoms with E-state index in [1.54, 1.807) is 24.3 Å². The molecule has 2 aromatic carbocycles. The van der Waals surface area contributed by atoms with Gasteiger partial charge in [0.15, 0.2) is 5.11 Å². The summed E-state index contributed by atoms with van der Waals surface area (Å²) < 4.78 is 25.6. The van der Waals surface area contributed by atoms with Gasteiger partial charge in [-0.15, -0.1) is 0 Å². The zero-order valence-electron chi connectivity index (χ0n) is 14.6. The molecular weight excluding hydrogens is 354 g/mol. The third kappa shape index (κ3) is 5.26. The summed E-state index contributed by atoms with van der Waals surface area (Å²) in [6.45, 7) is 2.81. The molecule has 5 nitrogen and oxygen atoms in total. The molecule has 2 aromatic rings. The summed E-state index contributed by atoms with van der Waals surface area (Å²) in [5, 5.41) is 6.67. The zero-order valence-corrected chi connectivity index (χ0v) is 16.2. The molecule has 0 aliphatic rings. The van der Waals surface area contributed by atoms with E-state index in [9.17, 15) is 8.42 Å². The molecule has 0 saturated heterocycles. The Balaban J connectivity index is 1.97. The maximum atomic E-state index is 12.2. The van der Waals surface area contributed by atoms with Gasteiger partial charge >= 0.3 is 0 Å². The predicted octanol–water partition coefficient (Wildman–Crippen LogP) is 3.03. The molecule has 25 heavy (non-hydrogen) atoms. The van der Waals surface area contributed by atoms with Gasteiger partial charge in [-0.05, 0) is 41.9 Å². The first-order valence-electron chi connectivity index (χ1n) is 7.93. The minimum absolute atomic E-state index is 0.225. The van der Waals surface area contributed by atoms with Crippen LogP contribution in [0, 0.1) is 0 Å². The average Bonchev–Trinajstić information content (AvgIpc) is 2.60. The normalized spacial score (nSPS) is 12.6. The quantitative estimate of drug-likeness (QED) is 0.758. The number of hydrogen-bond donors (Lipinski definition) is 2. The van der Waals surface area contributed by atoms with Gasteiger partial charge in [0.25, 0.3) is 0 Å². The highest BCUT2D eigenvalue weighted by Gasteiger charge is 2.17. The molecule has 0 aliphatic heterocycles. The molecule has 0 amide bonds. The van der Waals surface area contributed by atoms with Crippen molar-refractivity contribution in [1.29, 1.82) is 0 Å². The number of nitrogens with zero attached hydrogens (tertiary/aromatic N) is 1. The number of anilines is 1. The number of thiocarbonyl (C=S) groups is 1. The number of hydrogen-bond acceptors (Lipinski definition) is 3. The number of rotatable bonds is 6. The Bertz CT molecular complexity index is 821. The van der Waals surface area contributed by atoms with Crippen molar-refractivity contribution in [3.63, 3.8) is 0 Å². The number of sulfonamides is 1. The maximum absolute atomic E-state index is 12.2. The van der Waals surface area contributed by atoms with Gasteiger partial charge in [0.05, 0.1) is 4.90 Å². The number of benzene rings is 2. The van der Waals surface area contributed by atoms with E-state index in [-0.39, 0.29) is 4.90 Å². The molecule has 0 fully saturated rings. The van der Waals surface area contributed by atoms with Crippen LogP contribution in [0.15, 0.2) is 59.5 Å². The third-order valence-corrected chi connectivity index (χ3v) is 5.87. The fourth-order valence-electron chi connectivity index (χ4n) is 2.27. The van der Waals surface area contributed by atoms with Gasteiger partial charge < -0.3 is 10.6 Å². The smallest absolute Gasteiger partial charge is 0.242 e. The summed E-state index contributed by atoms with van der Waals surface area (Å²) in [4.78, 5) is 0.225. The van der Waals surface area contributed by atoms with Gasteiger partial charge in [-0.3, -0.25) is 0 Å². The fourth-order valence-corrected chi connectivity index (χ4v) is 3.41. The van der Waals surface area contributed by atoms with Crippen molar-refractivity contribution in [3.8, 4) is 0 Å². The van der Waals surface area contributed by atoms with Crippen molar-refractivity contribution in [2.45, 2.75) is 17.7 Å². The van der Waals surface area contributed by atoms with E-state index >= 15 is 0 Å². The molecule has 0 aromatic heterocycles. The minimum Gasteiger partial charge on any atom is -0.362 e. The monoisotopic (exact) mass is 377 g/mol. The standard InChI is InChI=1S/C18H23N3O2S2/c1-14(15-8-5-4-6-9-15)13-19-18(24)20-16-10-7-11-17(12-16)25(22,23)21(2)3/h4-12,14H,13H2,1-3H3,(H2,19,20,24)/t14-/m0/s1. The summed E-state index contributed by atoms with van der Waals surface area (Å²) in [5.41, 5.74) is 1.87. The third-order valence-electron chi connectivity index (χ3n) is 3.81. The summed E-state index contributed by atoms with van der Waals surface area (Å²) in [7, 11) is -0.454. The molecule has 134 valence electrons. The van der Waals surface area contributed by atoms with E-state index < -0.39 is 10.0 Å². The van der Waals surface area contributed by atoms with Crippen molar-refractivity contribution < 1.29 is 8.42 Å². The van der Waals surface area contributed by atoms with E-state index in [2.05, 4.69) is 29.7 Å². The van der Waals surface area contributed by atoms with Gasteiger partial charge in [-0.2, -0.15) is 0 Å². The van der Waals surface area contributed by atoms with Crippen LogP contribution in [-0.4, -0.2) is 38.5 Å². The molecule has 0 aliphatic carbocycles. The van der Waals surface area contributed by atoms with Crippen molar-refractivity contribution >= 4 is 33.0 Å². The minimum atomic E-state index is -3.47. The second-order valence-electron chi connectivity index (χ2n) is 5.96. The van der Waals surface area contributed by atoms with Crippen molar-refractivity contribution in [2.24, 2.45) is 0 Å². The van der Waals surface area contributed by atoms with Crippen LogP contribution in [-0.2, 0) is 10.0 Å². The highest BCUT2D eigenvalue weighted by Crippen LogP contribution is 2.18. The Labute approximate surface area is 155 Å². The zero-order chi connectivity index (χ0) is 18.4. The molecule has 0 unspecified atom stereocenters.